The summed E-state index contributed by atoms with van der Waals surface area (Å²) in [6.45, 7) is 4.85. The van der Waals surface area contributed by atoms with Gasteiger partial charge in [0, 0.05) is 18.9 Å². The highest BCUT2D eigenvalue weighted by Gasteiger charge is 2.07. The van der Waals surface area contributed by atoms with Gasteiger partial charge >= 0.3 is 0 Å². The molecule has 0 unspecified atom stereocenters. The SMILES string of the molecule is CCCCCCNC(=O)COc1cccn2cc(C)nc12. The summed E-state index contributed by atoms with van der Waals surface area (Å²) in [6.07, 6.45) is 8.43. The average molecular weight is 289 g/mol. The molecule has 0 saturated carbocycles. The highest BCUT2D eigenvalue weighted by atomic mass is 16.5. The summed E-state index contributed by atoms with van der Waals surface area (Å²) in [5.41, 5.74) is 1.66. The van der Waals surface area contributed by atoms with Crippen LogP contribution < -0.4 is 10.1 Å². The molecule has 1 N–H and O–H groups in total. The summed E-state index contributed by atoms with van der Waals surface area (Å²) in [4.78, 5) is 16.1. The Morgan fingerprint density at radius 3 is 3.05 bits per heavy atom. The van der Waals surface area contributed by atoms with Crippen molar-refractivity contribution in [2.75, 3.05) is 13.2 Å². The first-order chi connectivity index (χ1) is 10.2. The van der Waals surface area contributed by atoms with E-state index in [9.17, 15) is 4.79 Å². The zero-order valence-electron chi connectivity index (χ0n) is 12.8. The molecule has 114 valence electrons. The lowest BCUT2D eigenvalue weighted by molar-refractivity contribution is -0.123. The van der Waals surface area contributed by atoms with Crippen LogP contribution in [0.4, 0.5) is 0 Å². The lowest BCUT2D eigenvalue weighted by atomic mass is 10.2. The first kappa shape index (κ1) is 15.4. The molecule has 5 nitrogen and oxygen atoms in total. The highest BCUT2D eigenvalue weighted by Crippen LogP contribution is 2.18. The van der Waals surface area contributed by atoms with Crippen molar-refractivity contribution in [2.45, 2.75) is 39.5 Å². The summed E-state index contributed by atoms with van der Waals surface area (Å²) in [6, 6.07) is 3.71. The summed E-state index contributed by atoms with van der Waals surface area (Å²) in [5, 5.41) is 2.87. The van der Waals surface area contributed by atoms with E-state index in [0.717, 1.165) is 30.7 Å². The van der Waals surface area contributed by atoms with E-state index in [1.165, 1.54) is 12.8 Å². The number of hydrogen-bond donors (Lipinski definition) is 1. The van der Waals surface area contributed by atoms with Crippen LogP contribution in [0.25, 0.3) is 5.65 Å². The van der Waals surface area contributed by atoms with E-state index in [0.29, 0.717) is 5.75 Å². The van der Waals surface area contributed by atoms with Gasteiger partial charge in [-0.05, 0) is 25.5 Å². The Labute approximate surface area is 125 Å². The van der Waals surface area contributed by atoms with Crippen molar-refractivity contribution in [1.29, 1.82) is 0 Å². The van der Waals surface area contributed by atoms with Crippen LogP contribution in [0.5, 0.6) is 5.75 Å². The number of unbranched alkanes of at least 4 members (excludes halogenated alkanes) is 3. The maximum atomic E-state index is 11.7. The molecule has 5 heteroatoms. The quantitative estimate of drug-likeness (QED) is 0.760. The van der Waals surface area contributed by atoms with Crippen molar-refractivity contribution in [3.8, 4) is 5.75 Å². The fourth-order valence-electron chi connectivity index (χ4n) is 2.20. The van der Waals surface area contributed by atoms with Crippen LogP contribution in [-0.4, -0.2) is 28.4 Å². The average Bonchev–Trinajstić information content (AvgIpc) is 2.85. The number of aryl methyl sites for hydroxylation is 1. The van der Waals surface area contributed by atoms with Crippen LogP contribution in [0.15, 0.2) is 24.5 Å². The number of carbonyl (C=O) groups excluding carboxylic acids is 1. The molecule has 0 radical (unpaired) electrons. The van der Waals surface area contributed by atoms with Crippen molar-refractivity contribution in [1.82, 2.24) is 14.7 Å². The minimum absolute atomic E-state index is 0.0271. The molecule has 0 aliphatic heterocycles. The molecule has 0 aromatic carbocycles. The molecule has 0 bridgehead atoms. The maximum Gasteiger partial charge on any atom is 0.257 e. The van der Waals surface area contributed by atoms with Gasteiger partial charge in [0.15, 0.2) is 18.0 Å². The Morgan fingerprint density at radius 1 is 1.38 bits per heavy atom. The third-order valence-corrected chi connectivity index (χ3v) is 3.28. The van der Waals surface area contributed by atoms with Gasteiger partial charge in [-0.15, -0.1) is 0 Å². The predicted octanol–water partition coefficient (Wildman–Crippen LogP) is 2.72. The van der Waals surface area contributed by atoms with Gasteiger partial charge in [0.05, 0.1) is 5.69 Å². The molecule has 0 atom stereocenters. The summed E-state index contributed by atoms with van der Waals surface area (Å²) < 4.78 is 7.47. The van der Waals surface area contributed by atoms with Gasteiger partial charge in [-0.2, -0.15) is 0 Å². The first-order valence-electron chi connectivity index (χ1n) is 7.54. The number of pyridine rings is 1. The van der Waals surface area contributed by atoms with Crippen molar-refractivity contribution in [3.05, 3.63) is 30.2 Å². The summed E-state index contributed by atoms with van der Waals surface area (Å²) >= 11 is 0. The fourth-order valence-corrected chi connectivity index (χ4v) is 2.20. The van der Waals surface area contributed by atoms with E-state index >= 15 is 0 Å². The monoisotopic (exact) mass is 289 g/mol. The lowest BCUT2D eigenvalue weighted by Gasteiger charge is -2.08. The molecule has 0 spiro atoms. The molecule has 0 saturated heterocycles. The van der Waals surface area contributed by atoms with E-state index in [-0.39, 0.29) is 12.5 Å². The zero-order chi connectivity index (χ0) is 15.1. The molecular formula is C16H23N3O2. The molecule has 2 rings (SSSR count). The molecule has 2 heterocycles. The summed E-state index contributed by atoms with van der Waals surface area (Å²) in [5.74, 6) is 0.545. The van der Waals surface area contributed by atoms with Crippen molar-refractivity contribution in [3.63, 3.8) is 0 Å². The van der Waals surface area contributed by atoms with E-state index in [1.54, 1.807) is 0 Å². The molecule has 0 fully saturated rings. The van der Waals surface area contributed by atoms with E-state index in [2.05, 4.69) is 17.2 Å². The number of hydrogen-bond acceptors (Lipinski definition) is 3. The second kappa shape index (κ2) is 7.67. The zero-order valence-corrected chi connectivity index (χ0v) is 12.8. The van der Waals surface area contributed by atoms with Gasteiger partial charge in [0.2, 0.25) is 0 Å². The van der Waals surface area contributed by atoms with Crippen LogP contribution in [0.3, 0.4) is 0 Å². The summed E-state index contributed by atoms with van der Waals surface area (Å²) in [7, 11) is 0. The number of rotatable bonds is 8. The second-order valence-electron chi connectivity index (χ2n) is 5.18. The van der Waals surface area contributed by atoms with Crippen molar-refractivity contribution >= 4 is 11.6 Å². The number of imidazole rings is 1. The fraction of sp³-hybridized carbons (Fsp3) is 0.500. The van der Waals surface area contributed by atoms with E-state index in [1.807, 2.05) is 35.9 Å². The Bertz CT molecular complexity index is 592. The third-order valence-electron chi connectivity index (χ3n) is 3.28. The topological polar surface area (TPSA) is 55.6 Å². The molecule has 21 heavy (non-hydrogen) atoms. The smallest absolute Gasteiger partial charge is 0.257 e. The molecule has 0 aliphatic carbocycles. The van der Waals surface area contributed by atoms with Gasteiger partial charge in [0.1, 0.15) is 0 Å². The Morgan fingerprint density at radius 2 is 2.24 bits per heavy atom. The van der Waals surface area contributed by atoms with Crippen molar-refractivity contribution < 1.29 is 9.53 Å². The number of ether oxygens (including phenoxy) is 1. The van der Waals surface area contributed by atoms with Crippen LogP contribution in [0.1, 0.15) is 38.3 Å². The molecular weight excluding hydrogens is 266 g/mol. The van der Waals surface area contributed by atoms with Crippen LogP contribution in [0.2, 0.25) is 0 Å². The third kappa shape index (κ3) is 4.48. The minimum atomic E-state index is -0.0863. The molecule has 1 amide bonds. The van der Waals surface area contributed by atoms with E-state index in [4.69, 9.17) is 4.74 Å². The largest absolute Gasteiger partial charge is 0.480 e. The highest BCUT2D eigenvalue weighted by molar-refractivity contribution is 5.77. The molecule has 2 aromatic rings. The lowest BCUT2D eigenvalue weighted by Crippen LogP contribution is -2.29. The Kier molecular flexibility index (Phi) is 5.60. The van der Waals surface area contributed by atoms with Crippen LogP contribution >= 0.6 is 0 Å². The van der Waals surface area contributed by atoms with Gasteiger partial charge in [-0.25, -0.2) is 4.98 Å². The minimum Gasteiger partial charge on any atom is -0.480 e. The van der Waals surface area contributed by atoms with Crippen molar-refractivity contribution in [2.24, 2.45) is 0 Å². The molecule has 2 aromatic heterocycles. The standard InChI is InChI=1S/C16H23N3O2/c1-3-4-5-6-9-17-15(20)12-21-14-8-7-10-19-11-13(2)18-16(14)19/h7-8,10-11H,3-6,9,12H2,1-2H3,(H,17,20). The second-order valence-corrected chi connectivity index (χ2v) is 5.18. The number of nitrogens with one attached hydrogen (secondary N) is 1. The first-order valence-corrected chi connectivity index (χ1v) is 7.54. The van der Waals surface area contributed by atoms with Gasteiger partial charge < -0.3 is 14.5 Å². The Balaban J connectivity index is 1.80. The number of aromatic nitrogens is 2. The number of fused-ring (bicyclic) bond motifs is 1. The Hall–Kier alpha value is -2.04. The van der Waals surface area contributed by atoms with Crippen LogP contribution in [0, 0.1) is 6.92 Å². The maximum absolute atomic E-state index is 11.7. The van der Waals surface area contributed by atoms with Gasteiger partial charge in [0.25, 0.3) is 5.91 Å². The number of amides is 1. The van der Waals surface area contributed by atoms with Gasteiger partial charge in [-0.3, -0.25) is 4.79 Å². The number of nitrogens with zero attached hydrogens (tertiary/aromatic N) is 2. The predicted molar refractivity (Wildman–Crippen MR) is 82.6 cm³/mol. The number of carbonyl (C=O) groups is 1. The van der Waals surface area contributed by atoms with E-state index < -0.39 is 0 Å². The van der Waals surface area contributed by atoms with Gasteiger partial charge in [-0.1, -0.05) is 26.2 Å². The molecule has 0 aliphatic rings. The van der Waals surface area contributed by atoms with Crippen LogP contribution in [-0.2, 0) is 4.79 Å². The normalized spacial score (nSPS) is 10.8.